The van der Waals surface area contributed by atoms with Crippen LogP contribution in [0.25, 0.3) is 0 Å². The third-order valence-electron chi connectivity index (χ3n) is 4.33. The lowest BCUT2D eigenvalue weighted by Gasteiger charge is -2.31. The Kier molecular flexibility index (Phi) is 7.31. The zero-order valence-electron chi connectivity index (χ0n) is 16.2. The molecule has 29 heavy (non-hydrogen) atoms. The molecule has 0 atom stereocenters. The van der Waals surface area contributed by atoms with Crippen LogP contribution in [0.15, 0.2) is 18.2 Å². The van der Waals surface area contributed by atoms with Gasteiger partial charge in [0.15, 0.2) is 6.61 Å². The Labute approximate surface area is 166 Å². The number of carbonyl (C=O) groups excluding carboxylic acids is 2. The van der Waals surface area contributed by atoms with Crippen molar-refractivity contribution in [3.8, 4) is 11.8 Å². The van der Waals surface area contributed by atoms with Crippen LogP contribution in [0.3, 0.4) is 0 Å². The summed E-state index contributed by atoms with van der Waals surface area (Å²) in [7, 11) is 0. The summed E-state index contributed by atoms with van der Waals surface area (Å²) in [6, 6.07) is 5.25. The average molecular weight is 412 g/mol. The third-order valence-corrected chi connectivity index (χ3v) is 4.33. The predicted molar refractivity (Wildman–Crippen MR) is 99.3 cm³/mol. The molecular formula is C19H23F3N4O3. The van der Waals surface area contributed by atoms with Crippen LogP contribution in [0.2, 0.25) is 0 Å². The molecule has 1 saturated heterocycles. The Morgan fingerprint density at radius 3 is 2.52 bits per heavy atom. The van der Waals surface area contributed by atoms with Gasteiger partial charge < -0.3 is 20.3 Å². The molecule has 10 heteroatoms. The molecule has 0 bridgehead atoms. The maximum Gasteiger partial charge on any atom is 0.422 e. The quantitative estimate of drug-likeness (QED) is 0.776. The fourth-order valence-electron chi connectivity index (χ4n) is 2.93. The fourth-order valence-corrected chi connectivity index (χ4v) is 2.93. The molecule has 2 N–H and O–H groups in total. The number of nitrogens with one attached hydrogen (secondary N) is 2. The van der Waals surface area contributed by atoms with Crippen molar-refractivity contribution in [3.63, 3.8) is 0 Å². The summed E-state index contributed by atoms with van der Waals surface area (Å²) in [5.41, 5.74) is 0.154. The van der Waals surface area contributed by atoms with Gasteiger partial charge in [0.25, 0.3) is 0 Å². The van der Waals surface area contributed by atoms with Crippen molar-refractivity contribution >= 4 is 17.6 Å². The number of hydrogen-bond acceptors (Lipinski definition) is 4. The number of nitrogens with zero attached hydrogens (tertiary/aromatic N) is 2. The van der Waals surface area contributed by atoms with Gasteiger partial charge in [-0.15, -0.1) is 0 Å². The van der Waals surface area contributed by atoms with E-state index >= 15 is 0 Å². The minimum absolute atomic E-state index is 0.0202. The third kappa shape index (κ3) is 6.85. The molecule has 1 heterocycles. The van der Waals surface area contributed by atoms with Crippen LogP contribution in [0.4, 0.5) is 23.7 Å². The number of amides is 3. The number of anilines is 1. The van der Waals surface area contributed by atoms with E-state index in [0.717, 1.165) is 0 Å². The number of nitriles is 1. The van der Waals surface area contributed by atoms with Gasteiger partial charge in [-0.1, -0.05) is 0 Å². The summed E-state index contributed by atoms with van der Waals surface area (Å²) in [4.78, 5) is 26.0. The molecule has 158 valence electrons. The maximum absolute atomic E-state index is 12.4. The molecule has 1 aromatic rings. The van der Waals surface area contributed by atoms with Crippen LogP contribution in [0.1, 0.15) is 32.3 Å². The van der Waals surface area contributed by atoms with Gasteiger partial charge in [0, 0.05) is 30.7 Å². The highest BCUT2D eigenvalue weighted by Gasteiger charge is 2.29. The first-order chi connectivity index (χ1) is 13.6. The van der Waals surface area contributed by atoms with Gasteiger partial charge in [-0.2, -0.15) is 18.4 Å². The van der Waals surface area contributed by atoms with Crippen molar-refractivity contribution < 1.29 is 27.5 Å². The molecule has 0 radical (unpaired) electrons. The molecule has 1 aliphatic rings. The fraction of sp³-hybridized carbons (Fsp3) is 0.526. The van der Waals surface area contributed by atoms with Gasteiger partial charge in [-0.3, -0.25) is 4.79 Å². The van der Waals surface area contributed by atoms with Crippen molar-refractivity contribution in [2.45, 2.75) is 38.9 Å². The Morgan fingerprint density at radius 1 is 1.31 bits per heavy atom. The number of benzene rings is 1. The van der Waals surface area contributed by atoms with Crippen LogP contribution < -0.4 is 15.4 Å². The molecule has 0 spiro atoms. The normalized spacial score (nSPS) is 15.0. The lowest BCUT2D eigenvalue weighted by Crippen LogP contribution is -2.45. The molecule has 1 aliphatic heterocycles. The van der Waals surface area contributed by atoms with Crippen molar-refractivity contribution in [2.75, 3.05) is 25.0 Å². The molecule has 0 unspecified atom stereocenters. The van der Waals surface area contributed by atoms with Crippen LogP contribution in [0.5, 0.6) is 5.75 Å². The number of carbonyl (C=O) groups is 2. The second-order valence-electron chi connectivity index (χ2n) is 7.08. The monoisotopic (exact) mass is 412 g/mol. The maximum atomic E-state index is 12.4. The first-order valence-electron chi connectivity index (χ1n) is 9.19. The lowest BCUT2D eigenvalue weighted by molar-refractivity contribution is -0.153. The van der Waals surface area contributed by atoms with Gasteiger partial charge in [0.1, 0.15) is 11.8 Å². The van der Waals surface area contributed by atoms with Gasteiger partial charge in [-0.25, -0.2) is 4.79 Å². The number of alkyl halides is 3. The first-order valence-corrected chi connectivity index (χ1v) is 9.19. The summed E-state index contributed by atoms with van der Waals surface area (Å²) >= 11 is 0. The van der Waals surface area contributed by atoms with Crippen LogP contribution in [0, 0.1) is 17.2 Å². The van der Waals surface area contributed by atoms with Crippen LogP contribution in [-0.2, 0) is 4.79 Å². The van der Waals surface area contributed by atoms with E-state index < -0.39 is 18.8 Å². The Balaban J connectivity index is 1.92. The van der Waals surface area contributed by atoms with E-state index in [1.807, 2.05) is 13.8 Å². The van der Waals surface area contributed by atoms with Crippen molar-refractivity contribution in [2.24, 2.45) is 5.92 Å². The largest absolute Gasteiger partial charge is 0.483 e. The predicted octanol–water partition coefficient (Wildman–Crippen LogP) is 3.27. The standard InChI is InChI=1S/C19H23F3N4O3/c1-12(2)24-17(27)13-5-7-26(8-6-13)18(28)25-15-3-4-16(14(9-15)10-23)29-11-19(20,21)22/h3-4,9,12-13H,5-8,11H2,1-2H3,(H,24,27)(H,25,28). The summed E-state index contributed by atoms with van der Waals surface area (Å²) in [6.45, 7) is 3.07. The molecule has 0 saturated carbocycles. The molecule has 0 aliphatic carbocycles. The number of rotatable bonds is 5. The molecular weight excluding hydrogens is 389 g/mol. The van der Waals surface area contributed by atoms with E-state index in [4.69, 9.17) is 5.26 Å². The smallest absolute Gasteiger partial charge is 0.422 e. The molecule has 0 aromatic heterocycles. The van der Waals surface area contributed by atoms with E-state index in [2.05, 4.69) is 15.4 Å². The van der Waals surface area contributed by atoms with Gasteiger partial charge in [0.2, 0.25) is 5.91 Å². The summed E-state index contributed by atoms with van der Waals surface area (Å²) in [5.74, 6) is -0.371. The zero-order chi connectivity index (χ0) is 21.6. The number of hydrogen-bond donors (Lipinski definition) is 2. The van der Waals surface area contributed by atoms with Crippen molar-refractivity contribution in [3.05, 3.63) is 23.8 Å². The van der Waals surface area contributed by atoms with E-state index in [1.165, 1.54) is 18.2 Å². The molecule has 1 fully saturated rings. The van der Waals surface area contributed by atoms with Gasteiger partial charge in [0.05, 0.1) is 5.56 Å². The minimum Gasteiger partial charge on any atom is -0.483 e. The van der Waals surface area contributed by atoms with Crippen molar-refractivity contribution in [1.29, 1.82) is 5.26 Å². The number of likely N-dealkylation sites (tertiary alicyclic amines) is 1. The molecule has 3 amide bonds. The van der Waals surface area contributed by atoms with E-state index in [9.17, 15) is 22.8 Å². The molecule has 7 nitrogen and oxygen atoms in total. The number of piperidine rings is 1. The Bertz CT molecular complexity index is 782. The highest BCUT2D eigenvalue weighted by molar-refractivity contribution is 5.90. The first kappa shape index (κ1) is 22.3. The van der Waals surface area contributed by atoms with Gasteiger partial charge >= 0.3 is 12.2 Å². The SMILES string of the molecule is CC(C)NC(=O)C1CCN(C(=O)Nc2ccc(OCC(F)(F)F)c(C#N)c2)CC1. The molecule has 1 aromatic carbocycles. The van der Waals surface area contributed by atoms with E-state index in [0.29, 0.717) is 25.9 Å². The Morgan fingerprint density at radius 2 is 1.97 bits per heavy atom. The van der Waals surface area contributed by atoms with Crippen LogP contribution >= 0.6 is 0 Å². The lowest BCUT2D eigenvalue weighted by atomic mass is 9.96. The van der Waals surface area contributed by atoms with E-state index in [-0.39, 0.29) is 34.9 Å². The number of ether oxygens (including phenoxy) is 1. The Hall–Kier alpha value is -2.96. The van der Waals surface area contributed by atoms with Crippen molar-refractivity contribution in [1.82, 2.24) is 10.2 Å². The second-order valence-corrected chi connectivity index (χ2v) is 7.08. The summed E-state index contributed by atoms with van der Waals surface area (Å²) < 4.78 is 41.5. The molecule has 2 rings (SSSR count). The van der Waals surface area contributed by atoms with Gasteiger partial charge in [-0.05, 0) is 44.9 Å². The van der Waals surface area contributed by atoms with E-state index in [1.54, 1.807) is 11.0 Å². The second kappa shape index (κ2) is 9.49. The number of halogens is 3. The highest BCUT2D eigenvalue weighted by atomic mass is 19.4. The topological polar surface area (TPSA) is 94.5 Å². The zero-order valence-corrected chi connectivity index (χ0v) is 16.2. The average Bonchev–Trinajstić information content (AvgIpc) is 2.65. The summed E-state index contributed by atoms with van der Waals surface area (Å²) in [6.07, 6.45) is -3.43. The highest BCUT2D eigenvalue weighted by Crippen LogP contribution is 2.25. The van der Waals surface area contributed by atoms with Crippen LogP contribution in [-0.4, -0.2) is 48.8 Å². The minimum atomic E-state index is -4.52. The summed E-state index contributed by atoms with van der Waals surface area (Å²) in [5, 5.41) is 14.6. The number of urea groups is 1.